The standard InChI is InChI=1S/C13H26N4O2/c1-10(2)13(5-6-14-9-13)11(18)15-7-8-16-12(19)17(3)4/h10,14H,5-9H2,1-4H3,(H,15,18)(H,16,19). The number of nitrogens with one attached hydrogen (secondary N) is 3. The molecule has 1 fully saturated rings. The lowest BCUT2D eigenvalue weighted by atomic mass is 9.75. The lowest BCUT2D eigenvalue weighted by Crippen LogP contribution is -2.48. The summed E-state index contributed by atoms with van der Waals surface area (Å²) in [6.45, 7) is 6.71. The van der Waals surface area contributed by atoms with Gasteiger partial charge in [-0.1, -0.05) is 13.8 Å². The molecule has 0 aliphatic carbocycles. The van der Waals surface area contributed by atoms with Gasteiger partial charge in [-0.3, -0.25) is 4.79 Å². The molecule has 1 rings (SSSR count). The van der Waals surface area contributed by atoms with Crippen LogP contribution in [0.2, 0.25) is 0 Å². The van der Waals surface area contributed by atoms with Gasteiger partial charge < -0.3 is 20.9 Å². The molecular weight excluding hydrogens is 244 g/mol. The van der Waals surface area contributed by atoms with Gasteiger partial charge in [-0.15, -0.1) is 0 Å². The van der Waals surface area contributed by atoms with Crippen LogP contribution in [0.3, 0.4) is 0 Å². The van der Waals surface area contributed by atoms with Crippen LogP contribution in [0.5, 0.6) is 0 Å². The highest BCUT2D eigenvalue weighted by Gasteiger charge is 2.43. The first kappa shape index (κ1) is 15.8. The van der Waals surface area contributed by atoms with Crippen LogP contribution in [0.15, 0.2) is 0 Å². The molecule has 0 saturated carbocycles. The summed E-state index contributed by atoms with van der Waals surface area (Å²) in [5, 5.41) is 8.92. The molecule has 0 aromatic rings. The van der Waals surface area contributed by atoms with Crippen LogP contribution < -0.4 is 16.0 Å². The van der Waals surface area contributed by atoms with Crippen molar-refractivity contribution in [3.63, 3.8) is 0 Å². The molecule has 1 heterocycles. The second kappa shape index (κ2) is 6.75. The topological polar surface area (TPSA) is 73.5 Å². The Kier molecular flexibility index (Phi) is 5.60. The van der Waals surface area contributed by atoms with Gasteiger partial charge in [0.15, 0.2) is 0 Å². The van der Waals surface area contributed by atoms with Crippen LogP contribution in [-0.4, -0.2) is 57.1 Å². The molecule has 6 heteroatoms. The van der Waals surface area contributed by atoms with Crippen molar-refractivity contribution in [2.24, 2.45) is 11.3 Å². The van der Waals surface area contributed by atoms with Gasteiger partial charge in [0, 0.05) is 33.7 Å². The van der Waals surface area contributed by atoms with E-state index in [2.05, 4.69) is 29.8 Å². The van der Waals surface area contributed by atoms with Crippen LogP contribution in [0.1, 0.15) is 20.3 Å². The normalized spacial score (nSPS) is 22.4. The van der Waals surface area contributed by atoms with Crippen LogP contribution in [0.25, 0.3) is 0 Å². The van der Waals surface area contributed by atoms with E-state index in [1.165, 1.54) is 4.90 Å². The Morgan fingerprint density at radius 2 is 1.89 bits per heavy atom. The van der Waals surface area contributed by atoms with Crippen molar-refractivity contribution in [2.45, 2.75) is 20.3 Å². The molecule has 3 N–H and O–H groups in total. The lowest BCUT2D eigenvalue weighted by molar-refractivity contribution is -0.132. The van der Waals surface area contributed by atoms with Crippen LogP contribution in [0.4, 0.5) is 4.79 Å². The van der Waals surface area contributed by atoms with Gasteiger partial charge >= 0.3 is 6.03 Å². The molecule has 0 spiro atoms. The maximum atomic E-state index is 12.3. The maximum Gasteiger partial charge on any atom is 0.316 e. The van der Waals surface area contributed by atoms with Gasteiger partial charge in [0.2, 0.25) is 5.91 Å². The van der Waals surface area contributed by atoms with E-state index in [9.17, 15) is 9.59 Å². The Morgan fingerprint density at radius 1 is 1.26 bits per heavy atom. The third-order valence-electron chi connectivity index (χ3n) is 3.84. The molecule has 6 nitrogen and oxygen atoms in total. The molecule has 1 atom stereocenters. The summed E-state index contributed by atoms with van der Waals surface area (Å²) in [7, 11) is 3.37. The number of carbonyl (C=O) groups is 2. The molecular formula is C13H26N4O2. The summed E-state index contributed by atoms with van der Waals surface area (Å²) in [6, 6.07) is -0.143. The number of hydrogen-bond donors (Lipinski definition) is 3. The van der Waals surface area contributed by atoms with Crippen molar-refractivity contribution >= 4 is 11.9 Å². The van der Waals surface area contributed by atoms with Crippen molar-refractivity contribution in [2.75, 3.05) is 40.3 Å². The van der Waals surface area contributed by atoms with Crippen LogP contribution in [-0.2, 0) is 4.79 Å². The molecule has 0 radical (unpaired) electrons. The van der Waals surface area contributed by atoms with E-state index in [0.717, 1.165) is 19.5 Å². The van der Waals surface area contributed by atoms with Crippen LogP contribution >= 0.6 is 0 Å². The van der Waals surface area contributed by atoms with Crippen molar-refractivity contribution < 1.29 is 9.59 Å². The van der Waals surface area contributed by atoms with E-state index in [0.29, 0.717) is 19.0 Å². The first-order valence-electron chi connectivity index (χ1n) is 6.84. The number of carbonyl (C=O) groups excluding carboxylic acids is 2. The molecule has 19 heavy (non-hydrogen) atoms. The predicted molar refractivity (Wildman–Crippen MR) is 74.9 cm³/mol. The van der Waals surface area contributed by atoms with E-state index in [4.69, 9.17) is 0 Å². The molecule has 1 aliphatic rings. The van der Waals surface area contributed by atoms with Crippen molar-refractivity contribution in [1.82, 2.24) is 20.9 Å². The Bertz CT molecular complexity index is 323. The third kappa shape index (κ3) is 3.83. The second-order valence-electron chi connectivity index (χ2n) is 5.62. The van der Waals surface area contributed by atoms with Gasteiger partial charge in [-0.2, -0.15) is 0 Å². The minimum Gasteiger partial charge on any atom is -0.354 e. The van der Waals surface area contributed by atoms with Crippen molar-refractivity contribution in [3.05, 3.63) is 0 Å². The Morgan fingerprint density at radius 3 is 2.37 bits per heavy atom. The van der Waals surface area contributed by atoms with E-state index in [1.807, 2.05) is 0 Å². The average Bonchev–Trinajstić information content (AvgIpc) is 2.84. The summed E-state index contributed by atoms with van der Waals surface area (Å²) in [5.74, 6) is 0.394. The zero-order chi connectivity index (χ0) is 14.5. The number of rotatable bonds is 5. The number of nitrogens with zero attached hydrogens (tertiary/aromatic N) is 1. The fraction of sp³-hybridized carbons (Fsp3) is 0.846. The number of urea groups is 1. The number of hydrogen-bond acceptors (Lipinski definition) is 3. The average molecular weight is 270 g/mol. The Hall–Kier alpha value is -1.30. The summed E-state index contributed by atoms with van der Waals surface area (Å²) in [4.78, 5) is 25.1. The van der Waals surface area contributed by atoms with E-state index in [1.54, 1.807) is 14.1 Å². The molecule has 1 aliphatic heterocycles. The van der Waals surface area contributed by atoms with Gasteiger partial charge in [-0.05, 0) is 18.9 Å². The van der Waals surface area contributed by atoms with E-state index >= 15 is 0 Å². The molecule has 0 bridgehead atoms. The third-order valence-corrected chi connectivity index (χ3v) is 3.84. The smallest absolute Gasteiger partial charge is 0.316 e. The molecule has 1 saturated heterocycles. The van der Waals surface area contributed by atoms with Gasteiger partial charge in [-0.25, -0.2) is 4.79 Å². The molecule has 1 unspecified atom stereocenters. The fourth-order valence-corrected chi connectivity index (χ4v) is 2.34. The van der Waals surface area contributed by atoms with Crippen molar-refractivity contribution in [1.29, 1.82) is 0 Å². The van der Waals surface area contributed by atoms with Gasteiger partial charge in [0.1, 0.15) is 0 Å². The molecule has 3 amide bonds. The Balaban J connectivity index is 2.36. The minimum absolute atomic E-state index is 0.0894. The van der Waals surface area contributed by atoms with Crippen LogP contribution in [0, 0.1) is 11.3 Å². The van der Waals surface area contributed by atoms with E-state index < -0.39 is 0 Å². The zero-order valence-electron chi connectivity index (χ0n) is 12.4. The quantitative estimate of drug-likeness (QED) is 0.616. The molecule has 0 aromatic heterocycles. The second-order valence-corrected chi connectivity index (χ2v) is 5.62. The van der Waals surface area contributed by atoms with Crippen molar-refractivity contribution in [3.8, 4) is 0 Å². The fourth-order valence-electron chi connectivity index (χ4n) is 2.34. The molecule has 110 valence electrons. The lowest BCUT2D eigenvalue weighted by Gasteiger charge is -2.31. The number of amides is 3. The first-order chi connectivity index (χ1) is 8.90. The highest BCUT2D eigenvalue weighted by atomic mass is 16.2. The first-order valence-corrected chi connectivity index (χ1v) is 6.84. The predicted octanol–water partition coefficient (Wildman–Crippen LogP) is 0.00950. The highest BCUT2D eigenvalue weighted by Crippen LogP contribution is 2.34. The van der Waals surface area contributed by atoms with Gasteiger partial charge in [0.05, 0.1) is 5.41 Å². The summed E-state index contributed by atoms with van der Waals surface area (Å²) >= 11 is 0. The zero-order valence-corrected chi connectivity index (χ0v) is 12.4. The monoisotopic (exact) mass is 270 g/mol. The van der Waals surface area contributed by atoms with E-state index in [-0.39, 0.29) is 17.4 Å². The largest absolute Gasteiger partial charge is 0.354 e. The summed E-state index contributed by atoms with van der Waals surface area (Å²) in [6.07, 6.45) is 0.876. The summed E-state index contributed by atoms with van der Waals surface area (Å²) < 4.78 is 0. The minimum atomic E-state index is -0.300. The maximum absolute atomic E-state index is 12.3. The highest BCUT2D eigenvalue weighted by molar-refractivity contribution is 5.83. The summed E-state index contributed by atoms with van der Waals surface area (Å²) in [5.41, 5.74) is -0.300. The Labute approximate surface area is 115 Å². The SMILES string of the molecule is CC(C)C1(C(=O)NCCNC(=O)N(C)C)CCNC1. The van der Waals surface area contributed by atoms with Gasteiger partial charge in [0.25, 0.3) is 0 Å². The molecule has 0 aromatic carbocycles.